The lowest BCUT2D eigenvalue weighted by molar-refractivity contribution is -0.144. The van der Waals surface area contributed by atoms with Gasteiger partial charge in [0.2, 0.25) is 5.82 Å². The number of likely N-dealkylation sites (tertiary alicyclic amines) is 1. The zero-order valence-corrected chi connectivity index (χ0v) is 26.0. The summed E-state index contributed by atoms with van der Waals surface area (Å²) in [6, 6.07) is 14.2. The van der Waals surface area contributed by atoms with Gasteiger partial charge in [0.1, 0.15) is 11.2 Å². The Kier molecular flexibility index (Phi) is 7.85. The topological polar surface area (TPSA) is 109 Å². The van der Waals surface area contributed by atoms with Crippen LogP contribution in [0.1, 0.15) is 53.9 Å². The lowest BCUT2D eigenvalue weighted by atomic mass is 9.80. The van der Waals surface area contributed by atoms with Gasteiger partial charge in [0.05, 0.1) is 30.5 Å². The Morgan fingerprint density at radius 2 is 1.89 bits per heavy atom. The summed E-state index contributed by atoms with van der Waals surface area (Å²) in [6.45, 7) is 4.21. The number of benzene rings is 2. The van der Waals surface area contributed by atoms with E-state index in [2.05, 4.69) is 31.1 Å². The number of nitrogens with one attached hydrogen (secondary N) is 1. The minimum absolute atomic E-state index is 0.0502. The van der Waals surface area contributed by atoms with Crippen LogP contribution in [-0.2, 0) is 29.7 Å². The number of hydrogen-bond donors (Lipinski definition) is 1. The number of halogens is 5. The van der Waals surface area contributed by atoms with Gasteiger partial charge >= 0.3 is 6.18 Å². The van der Waals surface area contributed by atoms with Gasteiger partial charge in [-0.2, -0.15) is 18.4 Å². The molecular formula is C33H29ClF4N6O3. The van der Waals surface area contributed by atoms with E-state index in [0.29, 0.717) is 30.0 Å². The van der Waals surface area contributed by atoms with E-state index >= 15 is 0 Å². The van der Waals surface area contributed by atoms with Crippen molar-refractivity contribution in [1.82, 2.24) is 25.1 Å². The fourth-order valence-corrected chi connectivity index (χ4v) is 6.61. The third kappa shape index (κ3) is 6.01. The molecule has 47 heavy (non-hydrogen) atoms. The molecule has 1 atom stereocenters. The van der Waals surface area contributed by atoms with Gasteiger partial charge in [-0.3, -0.25) is 9.88 Å². The highest BCUT2D eigenvalue weighted by atomic mass is 35.5. The molecule has 9 nitrogen and oxygen atoms in total. The van der Waals surface area contributed by atoms with Crippen molar-refractivity contribution in [2.75, 3.05) is 26.3 Å². The largest absolute Gasteiger partial charge is 0.451 e. The smallest absolute Gasteiger partial charge is 0.444 e. The molecule has 5 heterocycles. The van der Waals surface area contributed by atoms with E-state index in [1.54, 1.807) is 25.1 Å². The molecule has 0 radical (unpaired) electrons. The molecule has 7 rings (SSSR count). The maximum atomic E-state index is 14.8. The van der Waals surface area contributed by atoms with Gasteiger partial charge in [-0.15, -0.1) is 10.2 Å². The minimum Gasteiger partial charge on any atom is -0.444 e. The first-order valence-electron chi connectivity index (χ1n) is 15.1. The van der Waals surface area contributed by atoms with Gasteiger partial charge in [-0.05, 0) is 74.2 Å². The molecule has 2 saturated heterocycles. The van der Waals surface area contributed by atoms with Gasteiger partial charge in [0, 0.05) is 35.8 Å². The zero-order valence-electron chi connectivity index (χ0n) is 25.2. The van der Waals surface area contributed by atoms with E-state index < -0.39 is 29.0 Å². The van der Waals surface area contributed by atoms with Gasteiger partial charge < -0.3 is 19.2 Å². The fourth-order valence-electron chi connectivity index (χ4n) is 6.45. The lowest BCUT2D eigenvalue weighted by Gasteiger charge is -2.36. The maximum absolute atomic E-state index is 14.8. The van der Waals surface area contributed by atoms with Crippen molar-refractivity contribution in [3.05, 3.63) is 87.7 Å². The van der Waals surface area contributed by atoms with Crippen molar-refractivity contribution in [1.29, 1.82) is 5.26 Å². The quantitative estimate of drug-likeness (QED) is 0.215. The third-order valence-corrected chi connectivity index (χ3v) is 9.28. The lowest BCUT2D eigenvalue weighted by Crippen LogP contribution is -2.43. The van der Waals surface area contributed by atoms with E-state index in [1.807, 2.05) is 18.2 Å². The Morgan fingerprint density at radius 1 is 1.11 bits per heavy atom. The number of nitriles is 1. The minimum atomic E-state index is -4.66. The van der Waals surface area contributed by atoms with Gasteiger partial charge in [-0.25, -0.2) is 4.39 Å². The van der Waals surface area contributed by atoms with E-state index in [9.17, 15) is 22.8 Å². The van der Waals surface area contributed by atoms with Crippen molar-refractivity contribution < 1.29 is 31.8 Å². The van der Waals surface area contributed by atoms with Crippen LogP contribution in [0.5, 0.6) is 11.5 Å². The molecule has 0 spiro atoms. The number of ether oxygens (including phenoxy) is 3. The second kappa shape index (κ2) is 11.8. The zero-order chi connectivity index (χ0) is 33.0. The Morgan fingerprint density at radius 3 is 2.55 bits per heavy atom. The summed E-state index contributed by atoms with van der Waals surface area (Å²) in [5, 5.41) is 17.1. The van der Waals surface area contributed by atoms with Crippen LogP contribution in [0.2, 0.25) is 5.02 Å². The highest BCUT2D eigenvalue weighted by molar-refractivity contribution is 6.30. The first-order valence-corrected chi connectivity index (χ1v) is 15.5. The second-order valence-electron chi connectivity index (χ2n) is 12.4. The number of fused-ring (bicyclic) bond motifs is 1. The molecule has 0 unspecified atom stereocenters. The summed E-state index contributed by atoms with van der Waals surface area (Å²) in [7, 11) is 0. The molecule has 2 aromatic heterocycles. The van der Waals surface area contributed by atoms with Gasteiger partial charge in [0.25, 0.3) is 5.79 Å². The summed E-state index contributed by atoms with van der Waals surface area (Å²) in [4.78, 5) is 9.14. The summed E-state index contributed by atoms with van der Waals surface area (Å²) < 4.78 is 72.1. The molecule has 244 valence electrons. The Balaban J connectivity index is 1.07. The number of rotatable bonds is 7. The molecule has 2 fully saturated rings. The van der Waals surface area contributed by atoms with Crippen molar-refractivity contribution in [3.8, 4) is 29.0 Å². The predicted octanol–water partition coefficient (Wildman–Crippen LogP) is 6.78. The molecule has 0 bridgehead atoms. The SMILES string of the molecule is C[C@]1(c2ccc(Cl)cc2F)Oc2cccc(C3CCN(Cc4ncc(-c5nnc(C(F)(F)F)[nH]5)cc4CC4(C#N)COC4)CC3)c2O1. The number of nitrogens with zero attached hydrogens (tertiary/aromatic N) is 5. The molecular weight excluding hydrogens is 640 g/mol. The Labute approximate surface area is 272 Å². The summed E-state index contributed by atoms with van der Waals surface area (Å²) in [6.07, 6.45) is -1.21. The molecule has 0 amide bonds. The average molecular weight is 669 g/mol. The summed E-state index contributed by atoms with van der Waals surface area (Å²) >= 11 is 5.96. The number of aromatic amines is 1. The molecule has 0 aliphatic carbocycles. The van der Waals surface area contributed by atoms with Crippen molar-refractivity contribution in [2.45, 2.75) is 50.6 Å². The van der Waals surface area contributed by atoms with E-state index in [0.717, 1.165) is 42.8 Å². The number of hydrogen-bond acceptors (Lipinski definition) is 8. The van der Waals surface area contributed by atoms with Crippen molar-refractivity contribution in [3.63, 3.8) is 0 Å². The fraction of sp³-hybridized carbons (Fsp3) is 0.394. The van der Waals surface area contributed by atoms with E-state index in [-0.39, 0.29) is 35.5 Å². The van der Waals surface area contributed by atoms with Crippen molar-refractivity contribution in [2.24, 2.45) is 5.41 Å². The van der Waals surface area contributed by atoms with Crippen LogP contribution in [0.15, 0.2) is 48.7 Å². The van der Waals surface area contributed by atoms with Gasteiger partial charge in [-0.1, -0.05) is 23.7 Å². The van der Waals surface area contributed by atoms with Gasteiger partial charge in [0.15, 0.2) is 17.3 Å². The molecule has 2 aromatic carbocycles. The second-order valence-corrected chi connectivity index (χ2v) is 12.8. The van der Waals surface area contributed by atoms with Crippen LogP contribution in [0.25, 0.3) is 11.4 Å². The molecule has 1 N–H and O–H groups in total. The van der Waals surface area contributed by atoms with Crippen LogP contribution >= 0.6 is 11.6 Å². The van der Waals surface area contributed by atoms with Crippen LogP contribution < -0.4 is 9.47 Å². The van der Waals surface area contributed by atoms with E-state index in [1.165, 1.54) is 12.3 Å². The first-order chi connectivity index (χ1) is 22.5. The first kappa shape index (κ1) is 31.4. The number of alkyl halides is 3. The summed E-state index contributed by atoms with van der Waals surface area (Å²) in [5.74, 6) is -1.77. The molecule has 14 heteroatoms. The highest BCUT2D eigenvalue weighted by Gasteiger charge is 2.43. The van der Waals surface area contributed by atoms with Crippen molar-refractivity contribution >= 4 is 11.6 Å². The summed E-state index contributed by atoms with van der Waals surface area (Å²) in [5.41, 5.74) is 2.37. The standard InChI is InChI=1S/C33H29ClF4N6O3/c1-31(24-6-5-22(34)12-25(24)35)46-27-4-2-3-23(28(27)47-31)19-7-9-44(10-8-19)15-26-20(13-32(16-39)17-45-18-32)11-21(14-40-26)29-41-30(43-42-29)33(36,37)38/h2-6,11-12,14,19H,7-10,13,15,17-18H2,1H3,(H,41,42,43)/t31-/m0/s1. The molecule has 4 aromatic rings. The van der Waals surface area contributed by atoms with Crippen LogP contribution in [0.4, 0.5) is 17.6 Å². The number of aromatic nitrogens is 4. The number of piperidine rings is 1. The molecule has 3 aliphatic rings. The monoisotopic (exact) mass is 668 g/mol. The predicted molar refractivity (Wildman–Crippen MR) is 161 cm³/mol. The number of para-hydroxylation sites is 1. The highest BCUT2D eigenvalue weighted by Crippen LogP contribution is 2.50. The van der Waals surface area contributed by atoms with Crippen LogP contribution in [0.3, 0.4) is 0 Å². The van der Waals surface area contributed by atoms with Crippen LogP contribution in [0, 0.1) is 22.6 Å². The molecule has 0 saturated carbocycles. The van der Waals surface area contributed by atoms with E-state index in [4.69, 9.17) is 25.8 Å². The number of pyridine rings is 1. The third-order valence-electron chi connectivity index (χ3n) is 9.04. The Hall–Kier alpha value is -4.25. The molecule has 3 aliphatic heterocycles. The Bertz CT molecular complexity index is 1870. The number of H-pyrrole nitrogens is 1. The maximum Gasteiger partial charge on any atom is 0.451 e. The van der Waals surface area contributed by atoms with Crippen LogP contribution in [-0.4, -0.2) is 51.4 Å². The normalized spacial score (nSPS) is 21.0. The average Bonchev–Trinajstić information content (AvgIpc) is 3.65.